The Bertz CT molecular complexity index is 1050. The molecule has 0 unspecified atom stereocenters. The van der Waals surface area contributed by atoms with Gasteiger partial charge in [0.2, 0.25) is 5.91 Å². The van der Waals surface area contributed by atoms with E-state index in [2.05, 4.69) is 10.4 Å². The lowest BCUT2D eigenvalue weighted by Gasteiger charge is -2.09. The molecule has 0 fully saturated rings. The van der Waals surface area contributed by atoms with Crippen molar-refractivity contribution >= 4 is 58.5 Å². The molecule has 28 heavy (non-hydrogen) atoms. The second-order valence-corrected chi connectivity index (χ2v) is 8.72. The van der Waals surface area contributed by atoms with E-state index in [1.165, 1.54) is 23.5 Å². The van der Waals surface area contributed by atoms with Crippen LogP contribution in [0.1, 0.15) is 5.56 Å². The third-order valence-corrected chi connectivity index (χ3v) is 6.02. The number of amides is 1. The maximum Gasteiger partial charge on any atom is 0.416 e. The Morgan fingerprint density at radius 2 is 1.96 bits per heavy atom. The summed E-state index contributed by atoms with van der Waals surface area (Å²) in [5.41, 5.74) is 0.00305. The van der Waals surface area contributed by atoms with Crippen molar-refractivity contribution in [2.45, 2.75) is 10.5 Å². The van der Waals surface area contributed by atoms with E-state index in [0.717, 1.165) is 29.6 Å². The molecule has 0 bridgehead atoms. The first-order chi connectivity index (χ1) is 13.2. The summed E-state index contributed by atoms with van der Waals surface area (Å²) in [6.45, 7) is 0. The number of thioether (sulfide) groups is 1. The monoisotopic (exact) mass is 461 g/mol. The van der Waals surface area contributed by atoms with Crippen molar-refractivity contribution in [2.24, 2.45) is 0 Å². The van der Waals surface area contributed by atoms with Crippen LogP contribution in [-0.2, 0) is 11.0 Å². The number of halogens is 4. The largest absolute Gasteiger partial charge is 0.416 e. The predicted molar refractivity (Wildman–Crippen MR) is 108 cm³/mol. The molecule has 1 amide bonds. The number of rotatable bonds is 5. The first-order valence-electron chi connectivity index (χ1n) is 7.68. The third-order valence-electron chi connectivity index (χ3n) is 3.40. The van der Waals surface area contributed by atoms with Crippen molar-refractivity contribution in [3.8, 4) is 5.69 Å². The van der Waals surface area contributed by atoms with Gasteiger partial charge in [-0.3, -0.25) is 4.79 Å². The Hall–Kier alpha value is -1.88. The normalized spacial score (nSPS) is 11.4. The summed E-state index contributed by atoms with van der Waals surface area (Å²) in [4.78, 5) is 12.1. The zero-order valence-corrected chi connectivity index (χ0v) is 17.1. The number of carbonyl (C=O) groups is 1. The SMILES string of the molecule is O=C(CSc1nn(-c2ccc(Cl)cc2)c(=S)s1)Nc1cccc(C(F)(F)F)c1. The van der Waals surface area contributed by atoms with Gasteiger partial charge < -0.3 is 5.32 Å². The molecule has 146 valence electrons. The van der Waals surface area contributed by atoms with Gasteiger partial charge in [-0.25, -0.2) is 4.68 Å². The molecule has 0 aliphatic heterocycles. The first-order valence-corrected chi connectivity index (χ1v) is 10.3. The van der Waals surface area contributed by atoms with Gasteiger partial charge >= 0.3 is 6.18 Å². The summed E-state index contributed by atoms with van der Waals surface area (Å²) in [5.74, 6) is -0.456. The maximum atomic E-state index is 12.7. The minimum Gasteiger partial charge on any atom is -0.325 e. The van der Waals surface area contributed by atoms with Crippen LogP contribution in [0.25, 0.3) is 5.69 Å². The molecule has 11 heteroatoms. The summed E-state index contributed by atoms with van der Waals surface area (Å²) in [6.07, 6.45) is -4.47. The Morgan fingerprint density at radius 1 is 1.25 bits per heavy atom. The lowest BCUT2D eigenvalue weighted by Crippen LogP contribution is -2.15. The van der Waals surface area contributed by atoms with Crippen molar-refractivity contribution in [3.05, 3.63) is 63.1 Å². The molecule has 3 aromatic rings. The number of hydrogen-bond acceptors (Lipinski definition) is 5. The van der Waals surface area contributed by atoms with Gasteiger partial charge in [0.05, 0.1) is 17.0 Å². The maximum absolute atomic E-state index is 12.7. The number of nitrogens with zero attached hydrogens (tertiary/aromatic N) is 2. The van der Waals surface area contributed by atoms with Crippen molar-refractivity contribution in [3.63, 3.8) is 0 Å². The molecule has 0 saturated carbocycles. The zero-order valence-electron chi connectivity index (χ0n) is 13.9. The Balaban J connectivity index is 1.63. The average molecular weight is 462 g/mol. The number of nitrogens with one attached hydrogen (secondary N) is 1. The smallest absolute Gasteiger partial charge is 0.325 e. The van der Waals surface area contributed by atoms with Crippen LogP contribution in [0.4, 0.5) is 18.9 Å². The van der Waals surface area contributed by atoms with E-state index in [4.69, 9.17) is 23.8 Å². The number of alkyl halides is 3. The summed E-state index contributed by atoms with van der Waals surface area (Å²) in [7, 11) is 0. The van der Waals surface area contributed by atoms with Crippen LogP contribution in [0.5, 0.6) is 0 Å². The van der Waals surface area contributed by atoms with Crippen molar-refractivity contribution in [1.29, 1.82) is 0 Å². The highest BCUT2D eigenvalue weighted by atomic mass is 35.5. The molecule has 0 spiro atoms. The molecule has 0 aliphatic rings. The van der Waals surface area contributed by atoms with Crippen LogP contribution in [0.3, 0.4) is 0 Å². The quantitative estimate of drug-likeness (QED) is 0.370. The molecule has 0 atom stereocenters. The lowest BCUT2D eigenvalue weighted by molar-refractivity contribution is -0.137. The van der Waals surface area contributed by atoms with E-state index in [-0.39, 0.29) is 11.4 Å². The molecule has 0 saturated heterocycles. The van der Waals surface area contributed by atoms with Crippen LogP contribution < -0.4 is 5.32 Å². The molecule has 0 radical (unpaired) electrons. The Kier molecular flexibility index (Phi) is 6.43. The highest BCUT2D eigenvalue weighted by Crippen LogP contribution is 2.31. The van der Waals surface area contributed by atoms with Crippen LogP contribution in [0.2, 0.25) is 5.02 Å². The predicted octanol–water partition coefficient (Wildman–Crippen LogP) is 6.07. The zero-order chi connectivity index (χ0) is 20.3. The fraction of sp³-hybridized carbons (Fsp3) is 0.118. The van der Waals surface area contributed by atoms with E-state index >= 15 is 0 Å². The van der Waals surface area contributed by atoms with E-state index in [1.807, 2.05) is 0 Å². The van der Waals surface area contributed by atoms with Gasteiger partial charge in [-0.15, -0.1) is 5.10 Å². The molecule has 1 heterocycles. The standard InChI is InChI=1S/C17H11ClF3N3OS3/c18-11-4-6-13(7-5-11)24-16(26)28-15(23-24)27-9-14(25)22-12-3-1-2-10(8-12)17(19,20)21/h1-8H,9H2,(H,22,25). The van der Waals surface area contributed by atoms with Crippen LogP contribution in [0, 0.1) is 3.95 Å². The Labute approximate surface area is 176 Å². The van der Waals surface area contributed by atoms with Gasteiger partial charge in [-0.1, -0.05) is 40.8 Å². The molecule has 0 aliphatic carbocycles. The van der Waals surface area contributed by atoms with Crippen molar-refractivity contribution in [2.75, 3.05) is 11.1 Å². The summed E-state index contributed by atoms with van der Waals surface area (Å²) >= 11 is 13.5. The van der Waals surface area contributed by atoms with Gasteiger partial charge in [0.15, 0.2) is 8.29 Å². The number of aromatic nitrogens is 2. The molecule has 2 aromatic carbocycles. The lowest BCUT2D eigenvalue weighted by atomic mass is 10.2. The van der Waals surface area contributed by atoms with E-state index in [0.29, 0.717) is 13.3 Å². The number of hydrogen-bond donors (Lipinski definition) is 1. The topological polar surface area (TPSA) is 46.9 Å². The molecule has 1 N–H and O–H groups in total. The summed E-state index contributed by atoms with van der Waals surface area (Å²) in [6, 6.07) is 11.4. The second-order valence-electron chi connectivity index (χ2n) is 5.44. The van der Waals surface area contributed by atoms with Crippen LogP contribution in [0.15, 0.2) is 52.9 Å². The van der Waals surface area contributed by atoms with Gasteiger partial charge in [0, 0.05) is 10.7 Å². The minimum absolute atomic E-state index is 0.0147. The van der Waals surface area contributed by atoms with Crippen molar-refractivity contribution < 1.29 is 18.0 Å². The molecule has 3 rings (SSSR count). The minimum atomic E-state index is -4.47. The number of benzene rings is 2. The number of anilines is 1. The summed E-state index contributed by atoms with van der Waals surface area (Å²) < 4.78 is 40.8. The van der Waals surface area contributed by atoms with E-state index in [1.54, 1.807) is 28.9 Å². The van der Waals surface area contributed by atoms with Crippen LogP contribution in [-0.4, -0.2) is 21.4 Å². The fourth-order valence-corrected chi connectivity index (χ4v) is 4.45. The second kappa shape index (κ2) is 8.64. The van der Waals surface area contributed by atoms with E-state index in [9.17, 15) is 18.0 Å². The van der Waals surface area contributed by atoms with Gasteiger partial charge in [-0.05, 0) is 54.7 Å². The number of carbonyl (C=O) groups excluding carboxylic acids is 1. The fourth-order valence-electron chi connectivity index (χ4n) is 2.16. The van der Waals surface area contributed by atoms with Gasteiger partial charge in [0.1, 0.15) is 0 Å². The third kappa shape index (κ3) is 5.34. The summed E-state index contributed by atoms with van der Waals surface area (Å²) in [5, 5.41) is 7.40. The Morgan fingerprint density at radius 3 is 2.64 bits per heavy atom. The average Bonchev–Trinajstić information content (AvgIpc) is 3.01. The first kappa shape index (κ1) is 20.8. The van der Waals surface area contributed by atoms with E-state index < -0.39 is 17.6 Å². The van der Waals surface area contributed by atoms with Crippen LogP contribution >= 0.6 is 46.9 Å². The highest BCUT2D eigenvalue weighted by molar-refractivity contribution is 8.01. The molecular weight excluding hydrogens is 451 g/mol. The molecule has 1 aromatic heterocycles. The van der Waals surface area contributed by atoms with Crippen molar-refractivity contribution in [1.82, 2.24) is 9.78 Å². The molecular formula is C17H11ClF3N3OS3. The molecule has 4 nitrogen and oxygen atoms in total. The highest BCUT2D eigenvalue weighted by Gasteiger charge is 2.30. The van der Waals surface area contributed by atoms with Gasteiger partial charge in [0.25, 0.3) is 0 Å². The van der Waals surface area contributed by atoms with Gasteiger partial charge in [-0.2, -0.15) is 13.2 Å².